The fourth-order valence-corrected chi connectivity index (χ4v) is 3.67. The quantitative estimate of drug-likeness (QED) is 0.879. The molecule has 0 radical (unpaired) electrons. The summed E-state index contributed by atoms with van der Waals surface area (Å²) in [5.41, 5.74) is 8.06. The number of nitrogens with two attached hydrogens (primary N) is 1. The van der Waals surface area contributed by atoms with Gasteiger partial charge in [-0.25, -0.2) is 13.4 Å². The summed E-state index contributed by atoms with van der Waals surface area (Å²) >= 11 is 1.52. The molecule has 0 aliphatic carbocycles. The van der Waals surface area contributed by atoms with Gasteiger partial charge < -0.3 is 5.73 Å². The van der Waals surface area contributed by atoms with Gasteiger partial charge in [-0.2, -0.15) is 4.31 Å². The van der Waals surface area contributed by atoms with E-state index < -0.39 is 10.0 Å². The van der Waals surface area contributed by atoms with Gasteiger partial charge in [-0.3, -0.25) is 0 Å². The zero-order valence-corrected chi connectivity index (χ0v) is 13.7. The number of benzene rings is 1. The molecular formula is C14H19N3O2S2. The second-order valence-electron chi connectivity index (χ2n) is 4.89. The molecule has 0 saturated carbocycles. The summed E-state index contributed by atoms with van der Waals surface area (Å²) in [5.74, 6) is -0.0164. The molecule has 0 aliphatic rings. The lowest BCUT2D eigenvalue weighted by molar-refractivity contribution is 0.462. The molecule has 0 saturated heterocycles. The number of nitrogens with zero attached hydrogens (tertiary/aromatic N) is 2. The number of sulfonamides is 1. The predicted octanol–water partition coefficient (Wildman–Crippen LogP) is 1.87. The largest absolute Gasteiger partial charge is 0.326 e. The highest BCUT2D eigenvalue weighted by molar-refractivity contribution is 7.88. The zero-order valence-electron chi connectivity index (χ0n) is 12.1. The first-order chi connectivity index (χ1) is 9.90. The molecule has 0 bridgehead atoms. The highest BCUT2D eigenvalue weighted by Crippen LogP contribution is 2.15. The van der Waals surface area contributed by atoms with E-state index in [2.05, 4.69) is 4.98 Å². The topological polar surface area (TPSA) is 76.3 Å². The molecule has 0 spiro atoms. The standard InChI is InChI=1S/C14H19N3O2S2/c1-11-16-14(9-20-11)8-17(2)21(18,19)10-13-5-3-12(7-15)4-6-13/h3-6,9H,7-8,10,15H2,1-2H3. The Bertz CT molecular complexity index is 693. The first-order valence-electron chi connectivity index (χ1n) is 6.53. The minimum Gasteiger partial charge on any atom is -0.326 e. The van der Waals surface area contributed by atoms with Crippen LogP contribution in [0.4, 0.5) is 0 Å². The lowest BCUT2D eigenvalue weighted by Crippen LogP contribution is -2.27. The molecule has 2 rings (SSSR count). The van der Waals surface area contributed by atoms with Crippen molar-refractivity contribution in [1.82, 2.24) is 9.29 Å². The van der Waals surface area contributed by atoms with Crippen LogP contribution in [0.5, 0.6) is 0 Å². The molecule has 114 valence electrons. The van der Waals surface area contributed by atoms with Crippen molar-refractivity contribution in [1.29, 1.82) is 0 Å². The Labute approximate surface area is 129 Å². The SMILES string of the molecule is Cc1nc(CN(C)S(=O)(=O)Cc2ccc(CN)cc2)cs1. The average molecular weight is 325 g/mol. The Kier molecular flexibility index (Phi) is 5.10. The molecule has 7 heteroatoms. The second kappa shape index (κ2) is 6.65. The highest BCUT2D eigenvalue weighted by atomic mass is 32.2. The van der Waals surface area contributed by atoms with Crippen LogP contribution in [0.25, 0.3) is 0 Å². The Morgan fingerprint density at radius 2 is 1.86 bits per heavy atom. The maximum atomic E-state index is 12.3. The van der Waals surface area contributed by atoms with Gasteiger partial charge >= 0.3 is 0 Å². The van der Waals surface area contributed by atoms with Crippen LogP contribution in [-0.2, 0) is 28.9 Å². The molecule has 1 aromatic heterocycles. The first kappa shape index (κ1) is 16.1. The van der Waals surface area contributed by atoms with Crippen molar-refractivity contribution < 1.29 is 8.42 Å². The maximum Gasteiger partial charge on any atom is 0.218 e. The molecule has 2 N–H and O–H groups in total. The van der Waals surface area contributed by atoms with Gasteiger partial charge in [-0.1, -0.05) is 24.3 Å². The highest BCUT2D eigenvalue weighted by Gasteiger charge is 2.19. The zero-order chi connectivity index (χ0) is 15.5. The number of aromatic nitrogens is 1. The molecule has 0 unspecified atom stereocenters. The minimum absolute atomic E-state index is 0.0164. The van der Waals surface area contributed by atoms with Crippen LogP contribution in [0.3, 0.4) is 0 Å². The Morgan fingerprint density at radius 3 is 2.38 bits per heavy atom. The fraction of sp³-hybridized carbons (Fsp3) is 0.357. The monoisotopic (exact) mass is 325 g/mol. The number of rotatable bonds is 6. The van der Waals surface area contributed by atoms with Gasteiger partial charge in [0.1, 0.15) is 0 Å². The summed E-state index contributed by atoms with van der Waals surface area (Å²) in [6, 6.07) is 7.32. The van der Waals surface area contributed by atoms with E-state index >= 15 is 0 Å². The van der Waals surface area contributed by atoms with Gasteiger partial charge in [0.15, 0.2) is 0 Å². The van der Waals surface area contributed by atoms with Gasteiger partial charge in [0.05, 0.1) is 23.0 Å². The average Bonchev–Trinajstić information content (AvgIpc) is 2.84. The summed E-state index contributed by atoms with van der Waals surface area (Å²) in [4.78, 5) is 4.29. The molecule has 21 heavy (non-hydrogen) atoms. The number of hydrogen-bond donors (Lipinski definition) is 1. The molecule has 1 heterocycles. The van der Waals surface area contributed by atoms with Gasteiger partial charge in [0.25, 0.3) is 0 Å². The van der Waals surface area contributed by atoms with E-state index in [1.54, 1.807) is 19.2 Å². The van der Waals surface area contributed by atoms with Crippen molar-refractivity contribution >= 4 is 21.4 Å². The van der Waals surface area contributed by atoms with Gasteiger partial charge in [0.2, 0.25) is 10.0 Å². The summed E-state index contributed by atoms with van der Waals surface area (Å²) in [5, 5.41) is 2.82. The lowest BCUT2D eigenvalue weighted by atomic mass is 10.1. The third-order valence-corrected chi connectivity index (χ3v) is 5.73. The van der Waals surface area contributed by atoms with E-state index in [-0.39, 0.29) is 5.75 Å². The van der Waals surface area contributed by atoms with E-state index in [0.29, 0.717) is 13.1 Å². The Morgan fingerprint density at radius 1 is 1.24 bits per heavy atom. The van der Waals surface area contributed by atoms with Gasteiger partial charge in [-0.05, 0) is 18.1 Å². The van der Waals surface area contributed by atoms with E-state index in [1.165, 1.54) is 15.6 Å². The number of thiazole rings is 1. The molecular weight excluding hydrogens is 306 g/mol. The summed E-state index contributed by atoms with van der Waals surface area (Å²) in [6.07, 6.45) is 0. The number of hydrogen-bond acceptors (Lipinski definition) is 5. The van der Waals surface area contributed by atoms with E-state index in [9.17, 15) is 8.42 Å². The smallest absolute Gasteiger partial charge is 0.218 e. The third kappa shape index (κ3) is 4.34. The summed E-state index contributed by atoms with van der Waals surface area (Å²) < 4.78 is 26.0. The predicted molar refractivity (Wildman–Crippen MR) is 85.3 cm³/mol. The van der Waals surface area contributed by atoms with Crippen LogP contribution < -0.4 is 5.73 Å². The fourth-order valence-electron chi connectivity index (χ4n) is 1.90. The minimum atomic E-state index is -3.36. The second-order valence-corrected chi connectivity index (χ2v) is 8.03. The van der Waals surface area contributed by atoms with Crippen molar-refractivity contribution in [3.8, 4) is 0 Å². The van der Waals surface area contributed by atoms with Crippen molar-refractivity contribution in [2.24, 2.45) is 5.73 Å². The summed E-state index contributed by atoms with van der Waals surface area (Å²) in [7, 11) is -1.77. The van der Waals surface area contributed by atoms with Crippen molar-refractivity contribution in [3.63, 3.8) is 0 Å². The Balaban J connectivity index is 2.05. The van der Waals surface area contributed by atoms with Gasteiger partial charge in [-0.15, -0.1) is 11.3 Å². The molecule has 1 aromatic carbocycles. The molecule has 0 aliphatic heterocycles. The normalized spacial score (nSPS) is 12.0. The molecule has 0 atom stereocenters. The van der Waals surface area contributed by atoms with E-state index in [4.69, 9.17) is 5.73 Å². The maximum absolute atomic E-state index is 12.3. The Hall–Kier alpha value is -1.28. The van der Waals surface area contributed by atoms with Crippen LogP contribution in [0, 0.1) is 6.92 Å². The van der Waals surface area contributed by atoms with Crippen molar-refractivity contribution in [3.05, 3.63) is 51.5 Å². The van der Waals surface area contributed by atoms with E-state index in [0.717, 1.165) is 21.8 Å². The van der Waals surface area contributed by atoms with Crippen LogP contribution in [0.2, 0.25) is 0 Å². The molecule has 5 nitrogen and oxygen atoms in total. The van der Waals surface area contributed by atoms with Crippen molar-refractivity contribution in [2.75, 3.05) is 7.05 Å². The molecule has 2 aromatic rings. The number of aryl methyl sites for hydroxylation is 1. The first-order valence-corrected chi connectivity index (χ1v) is 9.02. The summed E-state index contributed by atoms with van der Waals surface area (Å²) in [6.45, 7) is 2.66. The van der Waals surface area contributed by atoms with Crippen LogP contribution in [0.15, 0.2) is 29.6 Å². The molecule has 0 amide bonds. The van der Waals surface area contributed by atoms with E-state index in [1.807, 2.05) is 24.4 Å². The van der Waals surface area contributed by atoms with Crippen LogP contribution >= 0.6 is 11.3 Å². The van der Waals surface area contributed by atoms with Gasteiger partial charge in [0, 0.05) is 19.0 Å². The van der Waals surface area contributed by atoms with Crippen LogP contribution in [-0.4, -0.2) is 24.8 Å². The van der Waals surface area contributed by atoms with Crippen molar-refractivity contribution in [2.45, 2.75) is 25.8 Å². The lowest BCUT2D eigenvalue weighted by Gasteiger charge is -2.16. The van der Waals surface area contributed by atoms with Crippen LogP contribution in [0.1, 0.15) is 21.8 Å². The molecule has 0 fully saturated rings. The third-order valence-electron chi connectivity index (χ3n) is 3.13.